The van der Waals surface area contributed by atoms with Crippen molar-refractivity contribution in [2.24, 2.45) is 0 Å². The SMILES string of the molecule is O=C(O)c1cc2c(C3CCCCC3)ccc(OC3CCNCC3)c2cn1. The van der Waals surface area contributed by atoms with E-state index in [-0.39, 0.29) is 11.8 Å². The Morgan fingerprint density at radius 1 is 1.08 bits per heavy atom. The van der Waals surface area contributed by atoms with E-state index in [1.165, 1.54) is 37.7 Å². The fourth-order valence-corrected chi connectivity index (χ4v) is 4.32. The number of piperidine rings is 1. The van der Waals surface area contributed by atoms with Crippen LogP contribution in [0.3, 0.4) is 0 Å². The first kappa shape index (κ1) is 17.3. The van der Waals surface area contributed by atoms with E-state index in [1.54, 1.807) is 12.3 Å². The minimum absolute atomic E-state index is 0.105. The van der Waals surface area contributed by atoms with Gasteiger partial charge in [-0.15, -0.1) is 0 Å². The summed E-state index contributed by atoms with van der Waals surface area (Å²) in [4.78, 5) is 15.6. The van der Waals surface area contributed by atoms with Crippen molar-refractivity contribution < 1.29 is 14.6 Å². The number of carbonyl (C=O) groups is 1. The Hall–Kier alpha value is -2.14. The highest BCUT2D eigenvalue weighted by atomic mass is 16.5. The maximum absolute atomic E-state index is 11.4. The van der Waals surface area contributed by atoms with E-state index < -0.39 is 5.97 Å². The molecule has 0 unspecified atom stereocenters. The van der Waals surface area contributed by atoms with Crippen LogP contribution >= 0.6 is 0 Å². The van der Waals surface area contributed by atoms with Crippen LogP contribution in [0.1, 0.15) is 66.9 Å². The molecule has 2 aliphatic rings. The second-order valence-electron chi connectivity index (χ2n) is 7.48. The summed E-state index contributed by atoms with van der Waals surface area (Å²) in [6.45, 7) is 1.95. The van der Waals surface area contributed by atoms with Gasteiger partial charge in [0.25, 0.3) is 0 Å². The van der Waals surface area contributed by atoms with Crippen molar-refractivity contribution in [1.82, 2.24) is 10.3 Å². The molecule has 2 fully saturated rings. The van der Waals surface area contributed by atoms with Gasteiger partial charge >= 0.3 is 5.97 Å². The molecule has 0 radical (unpaired) electrons. The number of benzene rings is 1. The molecule has 1 saturated heterocycles. The number of ether oxygens (including phenoxy) is 1. The molecule has 1 aromatic carbocycles. The molecule has 2 aromatic rings. The Morgan fingerprint density at radius 3 is 2.58 bits per heavy atom. The zero-order chi connectivity index (χ0) is 17.9. The summed E-state index contributed by atoms with van der Waals surface area (Å²) in [5, 5.41) is 14.7. The van der Waals surface area contributed by atoms with Gasteiger partial charge < -0.3 is 15.2 Å². The summed E-state index contributed by atoms with van der Waals surface area (Å²) in [6, 6.07) is 5.95. The third-order valence-corrected chi connectivity index (χ3v) is 5.74. The maximum Gasteiger partial charge on any atom is 0.354 e. The molecule has 0 bridgehead atoms. The Balaban J connectivity index is 1.75. The summed E-state index contributed by atoms with van der Waals surface area (Å²) in [5.74, 6) is 0.352. The number of hydrogen-bond donors (Lipinski definition) is 2. The van der Waals surface area contributed by atoms with Crippen molar-refractivity contribution in [1.29, 1.82) is 0 Å². The van der Waals surface area contributed by atoms with Crippen molar-refractivity contribution >= 4 is 16.7 Å². The molecule has 1 aliphatic carbocycles. The molecule has 1 aliphatic heterocycles. The maximum atomic E-state index is 11.4. The monoisotopic (exact) mass is 354 g/mol. The minimum Gasteiger partial charge on any atom is -0.490 e. The Bertz CT molecular complexity index is 793. The van der Waals surface area contributed by atoms with Gasteiger partial charge in [0.2, 0.25) is 0 Å². The third kappa shape index (κ3) is 3.54. The van der Waals surface area contributed by atoms with Gasteiger partial charge in [-0.3, -0.25) is 0 Å². The van der Waals surface area contributed by atoms with Gasteiger partial charge in [-0.2, -0.15) is 0 Å². The van der Waals surface area contributed by atoms with Crippen LogP contribution in [0.2, 0.25) is 0 Å². The van der Waals surface area contributed by atoms with E-state index in [4.69, 9.17) is 4.74 Å². The molecule has 4 rings (SSSR count). The van der Waals surface area contributed by atoms with Crippen LogP contribution in [0.4, 0.5) is 0 Å². The molecular formula is C21H26N2O3. The molecule has 5 heteroatoms. The molecule has 138 valence electrons. The van der Waals surface area contributed by atoms with Crippen LogP contribution in [-0.2, 0) is 0 Å². The molecule has 5 nitrogen and oxygen atoms in total. The first-order valence-corrected chi connectivity index (χ1v) is 9.75. The number of hydrogen-bond acceptors (Lipinski definition) is 4. The number of aromatic carboxylic acids is 1. The van der Waals surface area contributed by atoms with Crippen LogP contribution in [0.25, 0.3) is 10.8 Å². The fraction of sp³-hybridized carbons (Fsp3) is 0.524. The van der Waals surface area contributed by atoms with Gasteiger partial charge in [-0.1, -0.05) is 25.3 Å². The van der Waals surface area contributed by atoms with Gasteiger partial charge in [0.05, 0.1) is 0 Å². The number of aromatic nitrogens is 1. The van der Waals surface area contributed by atoms with E-state index in [1.807, 2.05) is 0 Å². The summed E-state index contributed by atoms with van der Waals surface area (Å²) < 4.78 is 6.28. The number of carboxylic acid groups (broad SMARTS) is 1. The first-order valence-electron chi connectivity index (χ1n) is 9.75. The van der Waals surface area contributed by atoms with E-state index >= 15 is 0 Å². The normalized spacial score (nSPS) is 19.5. The number of rotatable bonds is 4. The Labute approximate surface area is 153 Å². The van der Waals surface area contributed by atoms with Crippen LogP contribution in [0.5, 0.6) is 5.75 Å². The quantitative estimate of drug-likeness (QED) is 0.864. The average molecular weight is 354 g/mol. The summed E-state index contributed by atoms with van der Waals surface area (Å²) in [5.41, 5.74) is 1.36. The second-order valence-corrected chi connectivity index (χ2v) is 7.48. The molecule has 0 atom stereocenters. The average Bonchev–Trinajstić information content (AvgIpc) is 2.69. The van der Waals surface area contributed by atoms with Gasteiger partial charge in [0.15, 0.2) is 0 Å². The number of nitrogens with zero attached hydrogens (tertiary/aromatic N) is 1. The van der Waals surface area contributed by atoms with E-state index in [0.717, 1.165) is 42.5 Å². The molecule has 26 heavy (non-hydrogen) atoms. The van der Waals surface area contributed by atoms with E-state index in [9.17, 15) is 9.90 Å². The van der Waals surface area contributed by atoms with Crippen LogP contribution in [-0.4, -0.2) is 35.3 Å². The zero-order valence-corrected chi connectivity index (χ0v) is 15.0. The highest BCUT2D eigenvalue weighted by Gasteiger charge is 2.22. The van der Waals surface area contributed by atoms with Crippen molar-refractivity contribution in [2.75, 3.05) is 13.1 Å². The summed E-state index contributed by atoms with van der Waals surface area (Å²) in [7, 11) is 0. The molecule has 1 saturated carbocycles. The molecule has 2 N–H and O–H groups in total. The Kier molecular flexibility index (Phi) is 5.07. The lowest BCUT2D eigenvalue weighted by atomic mass is 9.82. The fourth-order valence-electron chi connectivity index (χ4n) is 4.32. The van der Waals surface area contributed by atoms with E-state index in [0.29, 0.717) is 5.92 Å². The highest BCUT2D eigenvalue weighted by Crippen LogP contribution is 2.39. The summed E-state index contributed by atoms with van der Waals surface area (Å²) in [6.07, 6.45) is 10.0. The molecule has 0 amide bonds. The van der Waals surface area contributed by atoms with Crippen LogP contribution < -0.4 is 10.1 Å². The molecule has 2 heterocycles. The number of fused-ring (bicyclic) bond motifs is 1. The van der Waals surface area contributed by atoms with Crippen molar-refractivity contribution in [3.05, 3.63) is 35.7 Å². The predicted octanol–water partition coefficient (Wildman–Crippen LogP) is 4.11. The van der Waals surface area contributed by atoms with Crippen molar-refractivity contribution in [3.8, 4) is 5.75 Å². The van der Waals surface area contributed by atoms with Gasteiger partial charge in [0.1, 0.15) is 17.5 Å². The number of nitrogens with one attached hydrogen (secondary N) is 1. The first-order chi connectivity index (χ1) is 12.7. The number of carboxylic acids is 1. The zero-order valence-electron chi connectivity index (χ0n) is 15.0. The largest absolute Gasteiger partial charge is 0.490 e. The smallest absolute Gasteiger partial charge is 0.354 e. The second kappa shape index (κ2) is 7.62. The minimum atomic E-state index is -0.980. The van der Waals surface area contributed by atoms with Gasteiger partial charge in [-0.05, 0) is 67.8 Å². The highest BCUT2D eigenvalue weighted by molar-refractivity contribution is 5.96. The van der Waals surface area contributed by atoms with Gasteiger partial charge in [-0.25, -0.2) is 9.78 Å². The summed E-state index contributed by atoms with van der Waals surface area (Å²) >= 11 is 0. The molecule has 0 spiro atoms. The van der Waals surface area contributed by atoms with E-state index in [2.05, 4.69) is 22.4 Å². The standard InChI is InChI=1S/C21H26N2O3/c24-21(25)19-12-17-16(14-4-2-1-3-5-14)6-7-20(18(17)13-23-19)26-15-8-10-22-11-9-15/h6-7,12-15,22H,1-5,8-11H2,(H,24,25). The van der Waals surface area contributed by atoms with Crippen LogP contribution in [0, 0.1) is 0 Å². The lowest BCUT2D eigenvalue weighted by Gasteiger charge is -2.27. The van der Waals surface area contributed by atoms with Crippen molar-refractivity contribution in [2.45, 2.75) is 57.0 Å². The molecular weight excluding hydrogens is 328 g/mol. The number of pyridine rings is 1. The van der Waals surface area contributed by atoms with Crippen LogP contribution in [0.15, 0.2) is 24.4 Å². The third-order valence-electron chi connectivity index (χ3n) is 5.74. The van der Waals surface area contributed by atoms with Crippen molar-refractivity contribution in [3.63, 3.8) is 0 Å². The molecule has 1 aromatic heterocycles. The van der Waals surface area contributed by atoms with Gasteiger partial charge in [0, 0.05) is 11.6 Å². The predicted molar refractivity (Wildman–Crippen MR) is 101 cm³/mol. The Morgan fingerprint density at radius 2 is 1.85 bits per heavy atom. The lowest BCUT2D eigenvalue weighted by molar-refractivity contribution is 0.0690. The lowest BCUT2D eigenvalue weighted by Crippen LogP contribution is -2.34. The topological polar surface area (TPSA) is 71.5 Å².